The second-order valence-corrected chi connectivity index (χ2v) is 3.72. The Morgan fingerprint density at radius 3 is 2.73 bits per heavy atom. The van der Waals surface area contributed by atoms with E-state index in [1.165, 1.54) is 12.5 Å². The highest BCUT2D eigenvalue weighted by Crippen LogP contribution is 2.27. The van der Waals surface area contributed by atoms with Crippen molar-refractivity contribution in [1.82, 2.24) is 0 Å². The molecule has 0 unspecified atom stereocenters. The molecule has 4 heteroatoms. The fourth-order valence-electron chi connectivity index (χ4n) is 1.48. The third-order valence-electron chi connectivity index (χ3n) is 2.61. The normalized spacial score (nSPS) is 15.7. The number of nitrogen functional groups attached to an aromatic ring is 1. The van der Waals surface area contributed by atoms with E-state index < -0.39 is 5.97 Å². The van der Waals surface area contributed by atoms with Crippen LogP contribution in [0, 0.1) is 0 Å². The maximum atomic E-state index is 10.8. The summed E-state index contributed by atoms with van der Waals surface area (Å²) in [6, 6.07) is 4.76. The minimum atomic E-state index is -1.02. The van der Waals surface area contributed by atoms with Crippen LogP contribution < -0.4 is 10.5 Å². The molecule has 1 aliphatic rings. The molecule has 15 heavy (non-hydrogen) atoms. The van der Waals surface area contributed by atoms with E-state index in [1.54, 1.807) is 12.1 Å². The Bertz CT molecular complexity index is 385. The molecule has 0 aromatic heterocycles. The average molecular weight is 207 g/mol. The van der Waals surface area contributed by atoms with Gasteiger partial charge in [0, 0.05) is 5.69 Å². The Hall–Kier alpha value is -1.71. The van der Waals surface area contributed by atoms with Gasteiger partial charge in [0.25, 0.3) is 0 Å². The van der Waals surface area contributed by atoms with Gasteiger partial charge in [-0.2, -0.15) is 0 Å². The lowest BCUT2D eigenvalue weighted by atomic mass is 9.96. The number of hydrogen-bond donors (Lipinski definition) is 2. The summed E-state index contributed by atoms with van der Waals surface area (Å²) in [5.41, 5.74) is 5.90. The van der Waals surface area contributed by atoms with Gasteiger partial charge in [0.15, 0.2) is 0 Å². The van der Waals surface area contributed by atoms with Crippen molar-refractivity contribution in [2.45, 2.75) is 25.4 Å². The number of anilines is 1. The van der Waals surface area contributed by atoms with E-state index in [0.717, 1.165) is 12.8 Å². The number of carboxylic acids is 1. The largest absolute Gasteiger partial charge is 0.490 e. The van der Waals surface area contributed by atoms with Gasteiger partial charge in [-0.1, -0.05) is 0 Å². The molecule has 2 rings (SSSR count). The molecule has 4 nitrogen and oxygen atoms in total. The monoisotopic (exact) mass is 207 g/mol. The van der Waals surface area contributed by atoms with Crippen LogP contribution in [-0.2, 0) is 0 Å². The first kappa shape index (κ1) is 9.83. The second kappa shape index (κ2) is 3.81. The molecule has 0 aliphatic heterocycles. The van der Waals surface area contributed by atoms with E-state index in [9.17, 15) is 4.79 Å². The number of carbonyl (C=O) groups is 1. The van der Waals surface area contributed by atoms with Crippen molar-refractivity contribution in [3.05, 3.63) is 23.8 Å². The standard InChI is InChI=1S/C11H13NO3/c12-10-5-4-8(6-9(10)11(13)14)15-7-2-1-3-7/h4-7H,1-3,12H2,(H,13,14). The zero-order valence-corrected chi connectivity index (χ0v) is 8.27. The van der Waals surface area contributed by atoms with E-state index in [2.05, 4.69) is 0 Å². The smallest absolute Gasteiger partial charge is 0.337 e. The molecule has 0 spiro atoms. The highest BCUT2D eigenvalue weighted by atomic mass is 16.5. The van der Waals surface area contributed by atoms with Crippen LogP contribution in [0.5, 0.6) is 5.75 Å². The Kier molecular flexibility index (Phi) is 2.49. The van der Waals surface area contributed by atoms with Gasteiger partial charge >= 0.3 is 5.97 Å². The van der Waals surface area contributed by atoms with Crippen LogP contribution in [-0.4, -0.2) is 17.2 Å². The molecule has 0 atom stereocenters. The van der Waals surface area contributed by atoms with Crippen molar-refractivity contribution in [2.75, 3.05) is 5.73 Å². The molecule has 1 aliphatic carbocycles. The number of rotatable bonds is 3. The average Bonchev–Trinajstić information content (AvgIpc) is 2.13. The van der Waals surface area contributed by atoms with Gasteiger partial charge in [0.2, 0.25) is 0 Å². The molecule has 1 aromatic carbocycles. The summed E-state index contributed by atoms with van der Waals surface area (Å²) < 4.78 is 5.58. The molecule has 80 valence electrons. The fraction of sp³-hybridized carbons (Fsp3) is 0.364. The molecular formula is C11H13NO3. The Morgan fingerprint density at radius 2 is 2.20 bits per heavy atom. The topological polar surface area (TPSA) is 72.5 Å². The Balaban J connectivity index is 2.17. The SMILES string of the molecule is Nc1ccc(OC2CCC2)cc1C(=O)O. The molecule has 0 bridgehead atoms. The lowest BCUT2D eigenvalue weighted by Gasteiger charge is -2.26. The van der Waals surface area contributed by atoms with Crippen LogP contribution in [0.1, 0.15) is 29.6 Å². The summed E-state index contributed by atoms with van der Waals surface area (Å²) in [6.07, 6.45) is 3.53. The number of aromatic carboxylic acids is 1. The van der Waals surface area contributed by atoms with Gasteiger partial charge in [-0.25, -0.2) is 4.79 Å². The summed E-state index contributed by atoms with van der Waals surface area (Å²) in [4.78, 5) is 10.8. The number of ether oxygens (including phenoxy) is 1. The van der Waals surface area contributed by atoms with Gasteiger partial charge < -0.3 is 15.6 Å². The van der Waals surface area contributed by atoms with Crippen LogP contribution in [0.25, 0.3) is 0 Å². The second-order valence-electron chi connectivity index (χ2n) is 3.72. The van der Waals surface area contributed by atoms with Crippen LogP contribution >= 0.6 is 0 Å². The van der Waals surface area contributed by atoms with Crippen LogP contribution in [0.3, 0.4) is 0 Å². The maximum Gasteiger partial charge on any atom is 0.337 e. The number of carboxylic acid groups (broad SMARTS) is 1. The highest BCUT2D eigenvalue weighted by molar-refractivity contribution is 5.94. The van der Waals surface area contributed by atoms with Crippen molar-refractivity contribution in [1.29, 1.82) is 0 Å². The summed E-state index contributed by atoms with van der Waals surface area (Å²) in [5.74, 6) is -0.433. The van der Waals surface area contributed by atoms with Crippen LogP contribution in [0.4, 0.5) is 5.69 Å². The van der Waals surface area contributed by atoms with Crippen molar-refractivity contribution in [3.63, 3.8) is 0 Å². The first-order valence-electron chi connectivity index (χ1n) is 4.96. The van der Waals surface area contributed by atoms with Gasteiger partial charge in [0.05, 0.1) is 11.7 Å². The quantitative estimate of drug-likeness (QED) is 0.742. The molecule has 0 heterocycles. The first-order chi connectivity index (χ1) is 7.16. The summed E-state index contributed by atoms with van der Waals surface area (Å²) >= 11 is 0. The van der Waals surface area contributed by atoms with Crippen molar-refractivity contribution >= 4 is 11.7 Å². The minimum Gasteiger partial charge on any atom is -0.490 e. The molecule has 0 amide bonds. The lowest BCUT2D eigenvalue weighted by molar-refractivity contribution is 0.0696. The minimum absolute atomic E-state index is 0.104. The molecule has 1 saturated carbocycles. The third-order valence-corrected chi connectivity index (χ3v) is 2.61. The van der Waals surface area contributed by atoms with Gasteiger partial charge in [0.1, 0.15) is 5.75 Å². The summed E-state index contributed by atoms with van der Waals surface area (Å²) in [5, 5.41) is 8.86. The Morgan fingerprint density at radius 1 is 1.47 bits per heavy atom. The van der Waals surface area contributed by atoms with Crippen molar-refractivity contribution in [2.24, 2.45) is 0 Å². The zero-order chi connectivity index (χ0) is 10.8. The molecule has 0 radical (unpaired) electrons. The molecule has 0 saturated heterocycles. The van der Waals surface area contributed by atoms with E-state index >= 15 is 0 Å². The predicted octanol–water partition coefficient (Wildman–Crippen LogP) is 1.90. The van der Waals surface area contributed by atoms with Gasteiger partial charge in [-0.3, -0.25) is 0 Å². The zero-order valence-electron chi connectivity index (χ0n) is 8.27. The number of hydrogen-bond acceptors (Lipinski definition) is 3. The van der Waals surface area contributed by atoms with Crippen molar-refractivity contribution < 1.29 is 14.6 Å². The highest BCUT2D eigenvalue weighted by Gasteiger charge is 2.19. The maximum absolute atomic E-state index is 10.8. The van der Waals surface area contributed by atoms with Crippen LogP contribution in [0.15, 0.2) is 18.2 Å². The third kappa shape index (κ3) is 2.03. The summed E-state index contributed by atoms with van der Waals surface area (Å²) in [6.45, 7) is 0. The Labute approximate surface area is 87.7 Å². The van der Waals surface area contributed by atoms with E-state index in [-0.39, 0.29) is 17.4 Å². The van der Waals surface area contributed by atoms with Crippen LogP contribution in [0.2, 0.25) is 0 Å². The van der Waals surface area contributed by atoms with E-state index in [1.807, 2.05) is 0 Å². The lowest BCUT2D eigenvalue weighted by Crippen LogP contribution is -2.24. The molecule has 3 N–H and O–H groups in total. The van der Waals surface area contributed by atoms with Crippen molar-refractivity contribution in [3.8, 4) is 5.75 Å². The van der Waals surface area contributed by atoms with Gasteiger partial charge in [-0.05, 0) is 37.5 Å². The summed E-state index contributed by atoms with van der Waals surface area (Å²) in [7, 11) is 0. The first-order valence-corrected chi connectivity index (χ1v) is 4.96. The molecule has 1 fully saturated rings. The fourth-order valence-corrected chi connectivity index (χ4v) is 1.48. The van der Waals surface area contributed by atoms with E-state index in [0.29, 0.717) is 5.75 Å². The number of benzene rings is 1. The number of nitrogens with two attached hydrogens (primary N) is 1. The molecule has 1 aromatic rings. The molecular weight excluding hydrogens is 194 g/mol. The van der Waals surface area contributed by atoms with E-state index in [4.69, 9.17) is 15.6 Å². The predicted molar refractivity (Wildman–Crippen MR) is 56.1 cm³/mol. The van der Waals surface area contributed by atoms with Gasteiger partial charge in [-0.15, -0.1) is 0 Å².